The highest BCUT2D eigenvalue weighted by molar-refractivity contribution is 5.34. The van der Waals surface area contributed by atoms with Crippen LogP contribution in [-0.2, 0) is 0 Å². The normalized spacial score (nSPS) is 43.2. The van der Waals surface area contributed by atoms with Crippen LogP contribution in [0.2, 0.25) is 0 Å². The van der Waals surface area contributed by atoms with Gasteiger partial charge in [0.25, 0.3) is 0 Å². The third kappa shape index (κ3) is 0.779. The van der Waals surface area contributed by atoms with E-state index in [0.717, 1.165) is 17.8 Å². The van der Waals surface area contributed by atoms with Gasteiger partial charge in [-0.15, -0.1) is 0 Å². The van der Waals surface area contributed by atoms with Gasteiger partial charge in [0, 0.05) is 6.54 Å². The molecule has 12 heavy (non-hydrogen) atoms. The Morgan fingerprint density at radius 1 is 1.25 bits per heavy atom. The number of fused-ring (bicyclic) bond motifs is 1. The Balaban J connectivity index is 1.92. The van der Waals surface area contributed by atoms with Crippen LogP contribution >= 0.6 is 0 Å². The first-order chi connectivity index (χ1) is 5.88. The molecule has 0 amide bonds. The van der Waals surface area contributed by atoms with Crippen molar-refractivity contribution in [3.05, 3.63) is 11.1 Å². The topological polar surface area (TPSA) is 12.0 Å². The van der Waals surface area contributed by atoms with Crippen LogP contribution in [0, 0.1) is 17.8 Å². The number of nitrogens with one attached hydrogen (secondary N) is 1. The van der Waals surface area contributed by atoms with Crippen molar-refractivity contribution in [3.63, 3.8) is 0 Å². The average molecular weight is 163 g/mol. The van der Waals surface area contributed by atoms with Gasteiger partial charge in [0.1, 0.15) is 0 Å². The Kier molecular flexibility index (Phi) is 1.40. The van der Waals surface area contributed by atoms with Crippen LogP contribution in [0.4, 0.5) is 0 Å². The summed E-state index contributed by atoms with van der Waals surface area (Å²) in [4.78, 5) is 0. The second kappa shape index (κ2) is 2.35. The van der Waals surface area contributed by atoms with Crippen molar-refractivity contribution in [1.82, 2.24) is 5.32 Å². The summed E-state index contributed by atoms with van der Waals surface area (Å²) < 4.78 is 0. The standard InChI is InChI=1S/C11H17N/c1-12-6-10-4-7-2-8-5-9(3-7)11(8)10/h7-9,12H,2-6H2,1H3/t7-,8+,9-. The van der Waals surface area contributed by atoms with Gasteiger partial charge in [-0.2, -0.15) is 0 Å². The molecular formula is C11H17N. The average Bonchev–Trinajstić information content (AvgIpc) is 2.03. The van der Waals surface area contributed by atoms with E-state index in [1.165, 1.54) is 32.2 Å². The molecule has 0 radical (unpaired) electrons. The summed E-state index contributed by atoms with van der Waals surface area (Å²) in [7, 11) is 2.07. The number of allylic oxidation sites excluding steroid dienone is 1. The van der Waals surface area contributed by atoms with E-state index < -0.39 is 0 Å². The first-order valence-corrected chi connectivity index (χ1v) is 5.25. The second-order valence-corrected chi connectivity index (χ2v) is 4.76. The molecule has 5 rings (SSSR count). The molecule has 5 aliphatic rings. The lowest BCUT2D eigenvalue weighted by Gasteiger charge is -2.54. The highest BCUT2D eigenvalue weighted by Crippen LogP contribution is 2.59. The van der Waals surface area contributed by atoms with Gasteiger partial charge in [-0.3, -0.25) is 0 Å². The molecule has 3 fully saturated rings. The maximum atomic E-state index is 3.31. The smallest absolute Gasteiger partial charge is 0.0164 e. The maximum Gasteiger partial charge on any atom is 0.0164 e. The molecule has 0 aliphatic heterocycles. The van der Waals surface area contributed by atoms with Crippen LogP contribution in [0.1, 0.15) is 25.7 Å². The lowest BCUT2D eigenvalue weighted by molar-refractivity contribution is 0.122. The number of likely N-dealkylation sites (N-methyl/N-ethyl adjacent to an activating group) is 1. The Bertz CT molecular complexity index is 227. The minimum absolute atomic E-state index is 1.03. The molecule has 0 heterocycles. The summed E-state index contributed by atoms with van der Waals surface area (Å²) in [5.41, 5.74) is 3.66. The van der Waals surface area contributed by atoms with Gasteiger partial charge in [-0.25, -0.2) is 0 Å². The van der Waals surface area contributed by atoms with Gasteiger partial charge in [0.15, 0.2) is 0 Å². The van der Waals surface area contributed by atoms with Crippen molar-refractivity contribution in [2.75, 3.05) is 13.6 Å². The third-order valence-corrected chi connectivity index (χ3v) is 4.02. The van der Waals surface area contributed by atoms with E-state index in [4.69, 9.17) is 0 Å². The predicted octanol–water partition coefficient (Wildman–Crippen LogP) is 1.95. The first kappa shape index (κ1) is 7.14. The molecule has 5 aliphatic carbocycles. The van der Waals surface area contributed by atoms with E-state index in [1.807, 2.05) is 5.57 Å². The fraction of sp³-hybridized carbons (Fsp3) is 0.818. The summed E-state index contributed by atoms with van der Waals surface area (Å²) >= 11 is 0. The number of hydrogen-bond acceptors (Lipinski definition) is 1. The van der Waals surface area contributed by atoms with Gasteiger partial charge in [0.2, 0.25) is 0 Å². The van der Waals surface area contributed by atoms with Crippen molar-refractivity contribution in [2.45, 2.75) is 25.7 Å². The van der Waals surface area contributed by atoms with Gasteiger partial charge in [-0.05, 0) is 50.5 Å². The van der Waals surface area contributed by atoms with Crippen LogP contribution in [0.25, 0.3) is 0 Å². The van der Waals surface area contributed by atoms with Crippen LogP contribution in [-0.4, -0.2) is 13.6 Å². The van der Waals surface area contributed by atoms with E-state index in [0.29, 0.717) is 0 Å². The summed E-state index contributed by atoms with van der Waals surface area (Å²) in [6, 6.07) is 0. The highest BCUT2D eigenvalue weighted by Gasteiger charge is 2.47. The maximum absolute atomic E-state index is 3.31. The van der Waals surface area contributed by atoms with Gasteiger partial charge in [0.05, 0.1) is 0 Å². The summed E-state index contributed by atoms with van der Waals surface area (Å²) in [6.45, 7) is 1.17. The molecule has 0 aromatic carbocycles. The molecule has 3 atom stereocenters. The SMILES string of the molecule is CNCC1=C2[C@@H]3C[C@H](C1)C[C@H]2C3. The summed E-state index contributed by atoms with van der Waals surface area (Å²) in [5.74, 6) is 3.13. The Hall–Kier alpha value is -0.300. The monoisotopic (exact) mass is 163 g/mol. The van der Waals surface area contributed by atoms with Crippen molar-refractivity contribution in [2.24, 2.45) is 17.8 Å². The van der Waals surface area contributed by atoms with Crippen molar-refractivity contribution < 1.29 is 0 Å². The summed E-state index contributed by atoms with van der Waals surface area (Å²) in [5, 5.41) is 3.31. The molecule has 4 bridgehead atoms. The minimum Gasteiger partial charge on any atom is -0.316 e. The Labute approximate surface area is 74.2 Å². The van der Waals surface area contributed by atoms with E-state index in [2.05, 4.69) is 12.4 Å². The molecule has 0 aromatic heterocycles. The van der Waals surface area contributed by atoms with Crippen LogP contribution in [0.3, 0.4) is 0 Å². The molecule has 0 aromatic rings. The van der Waals surface area contributed by atoms with Gasteiger partial charge in [-0.1, -0.05) is 11.1 Å². The van der Waals surface area contributed by atoms with Gasteiger partial charge >= 0.3 is 0 Å². The van der Waals surface area contributed by atoms with Crippen molar-refractivity contribution in [1.29, 1.82) is 0 Å². The third-order valence-electron chi connectivity index (χ3n) is 4.02. The van der Waals surface area contributed by atoms with Crippen LogP contribution in [0.15, 0.2) is 11.1 Å². The molecule has 3 saturated carbocycles. The first-order valence-electron chi connectivity index (χ1n) is 5.25. The van der Waals surface area contributed by atoms with Gasteiger partial charge < -0.3 is 5.32 Å². The zero-order valence-electron chi connectivity index (χ0n) is 7.77. The quantitative estimate of drug-likeness (QED) is 0.613. The molecule has 0 unspecified atom stereocenters. The molecule has 1 nitrogen and oxygen atoms in total. The van der Waals surface area contributed by atoms with E-state index >= 15 is 0 Å². The van der Waals surface area contributed by atoms with E-state index in [9.17, 15) is 0 Å². The van der Waals surface area contributed by atoms with Crippen LogP contribution < -0.4 is 5.32 Å². The van der Waals surface area contributed by atoms with Crippen molar-refractivity contribution in [3.8, 4) is 0 Å². The Morgan fingerprint density at radius 3 is 2.58 bits per heavy atom. The fourth-order valence-electron chi connectivity index (χ4n) is 3.72. The summed E-state index contributed by atoms with van der Waals surface area (Å²) in [6.07, 6.45) is 6.00. The second-order valence-electron chi connectivity index (χ2n) is 4.76. The number of hydrogen-bond donors (Lipinski definition) is 1. The molecule has 0 spiro atoms. The molecule has 1 heteroatoms. The number of rotatable bonds is 2. The van der Waals surface area contributed by atoms with Crippen molar-refractivity contribution >= 4 is 0 Å². The zero-order chi connectivity index (χ0) is 8.13. The van der Waals surface area contributed by atoms with E-state index in [-0.39, 0.29) is 0 Å². The van der Waals surface area contributed by atoms with Crippen LogP contribution in [0.5, 0.6) is 0 Å². The molecular weight excluding hydrogens is 146 g/mol. The van der Waals surface area contributed by atoms with E-state index in [1.54, 1.807) is 5.57 Å². The largest absolute Gasteiger partial charge is 0.316 e. The molecule has 66 valence electrons. The Morgan fingerprint density at radius 2 is 2.00 bits per heavy atom. The minimum atomic E-state index is 1.03. The zero-order valence-corrected chi connectivity index (χ0v) is 7.77. The molecule has 0 saturated heterocycles. The predicted molar refractivity (Wildman–Crippen MR) is 49.9 cm³/mol. The molecule has 1 N–H and O–H groups in total. The lowest BCUT2D eigenvalue weighted by Crippen LogP contribution is -2.43. The highest BCUT2D eigenvalue weighted by atomic mass is 14.8. The lowest BCUT2D eigenvalue weighted by atomic mass is 9.51. The fourth-order valence-corrected chi connectivity index (χ4v) is 3.72.